The first-order valence-electron chi connectivity index (χ1n) is 11.6. The minimum Gasteiger partial charge on any atom is -0.357 e. The van der Waals surface area contributed by atoms with Crippen molar-refractivity contribution >= 4 is 27.5 Å². The van der Waals surface area contributed by atoms with Crippen LogP contribution in [0.15, 0.2) is 42.5 Å². The number of sulfonamides is 1. The maximum atomic E-state index is 13.3. The highest BCUT2D eigenvalue weighted by molar-refractivity contribution is 7.92. The standard InChI is InChI=1S/C26H37N3O4S/c1-7-24(26(31)27-5)28(18-22-13-10-19(2)11-14-22)25(30)9-8-16-29(34(6,32)33)23-15-12-20(3)21(4)17-23/h10-15,17,24H,7-9,16,18H2,1-6H3,(H,27,31). The zero-order valence-electron chi connectivity index (χ0n) is 21.1. The second kappa shape index (κ2) is 12.0. The number of nitrogens with one attached hydrogen (secondary N) is 1. The van der Waals surface area contributed by atoms with Gasteiger partial charge in [-0.2, -0.15) is 0 Å². The zero-order valence-corrected chi connectivity index (χ0v) is 21.9. The predicted octanol–water partition coefficient (Wildman–Crippen LogP) is 3.71. The van der Waals surface area contributed by atoms with Crippen LogP contribution in [-0.2, 0) is 26.2 Å². The molecule has 8 heteroatoms. The Labute approximate surface area is 204 Å². The molecule has 0 aliphatic rings. The normalized spacial score (nSPS) is 12.2. The van der Waals surface area contributed by atoms with E-state index in [9.17, 15) is 18.0 Å². The predicted molar refractivity (Wildman–Crippen MR) is 137 cm³/mol. The van der Waals surface area contributed by atoms with Crippen molar-refractivity contribution in [2.75, 3.05) is 24.2 Å². The summed E-state index contributed by atoms with van der Waals surface area (Å²) in [6.45, 7) is 8.28. The molecule has 0 spiro atoms. The molecule has 2 amide bonds. The van der Waals surface area contributed by atoms with Gasteiger partial charge in [0.2, 0.25) is 21.8 Å². The molecule has 0 saturated heterocycles. The Hall–Kier alpha value is -2.87. The Balaban J connectivity index is 2.19. The molecule has 2 aromatic carbocycles. The van der Waals surface area contributed by atoms with Crippen LogP contribution in [0.25, 0.3) is 0 Å². The molecule has 2 aromatic rings. The number of nitrogens with zero attached hydrogens (tertiary/aromatic N) is 2. The van der Waals surface area contributed by atoms with E-state index in [1.54, 1.807) is 18.0 Å². The minimum atomic E-state index is -3.51. The number of anilines is 1. The van der Waals surface area contributed by atoms with Gasteiger partial charge in [-0.3, -0.25) is 13.9 Å². The van der Waals surface area contributed by atoms with Crippen LogP contribution < -0.4 is 9.62 Å². The van der Waals surface area contributed by atoms with Gasteiger partial charge in [-0.1, -0.05) is 42.8 Å². The number of likely N-dealkylation sites (N-methyl/N-ethyl adjacent to an activating group) is 1. The number of carbonyl (C=O) groups is 2. The van der Waals surface area contributed by atoms with E-state index in [0.29, 0.717) is 25.1 Å². The molecule has 7 nitrogen and oxygen atoms in total. The first-order chi connectivity index (χ1) is 16.0. The van der Waals surface area contributed by atoms with Gasteiger partial charge < -0.3 is 10.2 Å². The summed E-state index contributed by atoms with van der Waals surface area (Å²) in [6.07, 6.45) is 2.13. The summed E-state index contributed by atoms with van der Waals surface area (Å²) >= 11 is 0. The maximum Gasteiger partial charge on any atom is 0.242 e. The molecular weight excluding hydrogens is 450 g/mol. The highest BCUT2D eigenvalue weighted by Crippen LogP contribution is 2.22. The van der Waals surface area contributed by atoms with Crippen LogP contribution in [0.1, 0.15) is 48.4 Å². The third-order valence-corrected chi connectivity index (χ3v) is 7.23. The van der Waals surface area contributed by atoms with E-state index in [1.807, 2.05) is 64.1 Å². The number of amides is 2. The fourth-order valence-corrected chi connectivity index (χ4v) is 4.82. The number of hydrogen-bond donors (Lipinski definition) is 1. The molecule has 0 fully saturated rings. The molecule has 186 valence electrons. The lowest BCUT2D eigenvalue weighted by Crippen LogP contribution is -2.48. The van der Waals surface area contributed by atoms with Crippen molar-refractivity contribution < 1.29 is 18.0 Å². The second-order valence-electron chi connectivity index (χ2n) is 8.75. The molecule has 1 atom stereocenters. The van der Waals surface area contributed by atoms with Crippen LogP contribution in [0.2, 0.25) is 0 Å². The van der Waals surface area contributed by atoms with Crippen LogP contribution in [0.4, 0.5) is 5.69 Å². The topological polar surface area (TPSA) is 86.8 Å². The van der Waals surface area contributed by atoms with Crippen molar-refractivity contribution in [3.8, 4) is 0 Å². The van der Waals surface area contributed by atoms with Crippen molar-refractivity contribution in [1.29, 1.82) is 0 Å². The number of hydrogen-bond acceptors (Lipinski definition) is 4. The van der Waals surface area contributed by atoms with E-state index in [2.05, 4.69) is 5.32 Å². The summed E-state index contributed by atoms with van der Waals surface area (Å²) in [5, 5.41) is 2.65. The molecule has 0 aromatic heterocycles. The Morgan fingerprint density at radius 1 is 1.00 bits per heavy atom. The van der Waals surface area contributed by atoms with Gasteiger partial charge in [-0.25, -0.2) is 8.42 Å². The number of aryl methyl sites for hydroxylation is 3. The second-order valence-corrected chi connectivity index (χ2v) is 10.7. The molecule has 0 heterocycles. The number of carbonyl (C=O) groups excluding carboxylic acids is 2. The van der Waals surface area contributed by atoms with Gasteiger partial charge in [0, 0.05) is 26.6 Å². The van der Waals surface area contributed by atoms with Gasteiger partial charge >= 0.3 is 0 Å². The zero-order chi connectivity index (χ0) is 25.5. The third kappa shape index (κ3) is 7.32. The molecule has 1 unspecified atom stereocenters. The van der Waals surface area contributed by atoms with Gasteiger partial charge in [0.05, 0.1) is 11.9 Å². The largest absolute Gasteiger partial charge is 0.357 e. The highest BCUT2D eigenvalue weighted by Gasteiger charge is 2.28. The van der Waals surface area contributed by atoms with Crippen molar-refractivity contribution in [3.05, 3.63) is 64.7 Å². The van der Waals surface area contributed by atoms with E-state index in [1.165, 1.54) is 10.6 Å². The summed E-state index contributed by atoms with van der Waals surface area (Å²) in [4.78, 5) is 27.4. The smallest absolute Gasteiger partial charge is 0.242 e. The van der Waals surface area contributed by atoms with Gasteiger partial charge in [-0.15, -0.1) is 0 Å². The molecule has 1 N–H and O–H groups in total. The van der Waals surface area contributed by atoms with E-state index in [4.69, 9.17) is 0 Å². The van der Waals surface area contributed by atoms with Crippen LogP contribution in [0.3, 0.4) is 0 Å². The van der Waals surface area contributed by atoms with Crippen LogP contribution in [0, 0.1) is 20.8 Å². The van der Waals surface area contributed by atoms with E-state index < -0.39 is 16.1 Å². The van der Waals surface area contributed by atoms with E-state index in [-0.39, 0.29) is 24.8 Å². The summed E-state index contributed by atoms with van der Waals surface area (Å²) < 4.78 is 26.3. The summed E-state index contributed by atoms with van der Waals surface area (Å²) in [5.41, 5.74) is 4.73. The van der Waals surface area contributed by atoms with Crippen molar-refractivity contribution in [3.63, 3.8) is 0 Å². The minimum absolute atomic E-state index is 0.135. The maximum absolute atomic E-state index is 13.3. The van der Waals surface area contributed by atoms with Gasteiger partial charge in [0.1, 0.15) is 6.04 Å². The van der Waals surface area contributed by atoms with Gasteiger partial charge in [0.15, 0.2) is 0 Å². The fraction of sp³-hybridized carbons (Fsp3) is 0.462. The highest BCUT2D eigenvalue weighted by atomic mass is 32.2. The molecule has 0 aliphatic heterocycles. The first-order valence-corrected chi connectivity index (χ1v) is 13.4. The van der Waals surface area contributed by atoms with Crippen molar-refractivity contribution in [2.45, 2.75) is 59.5 Å². The lowest BCUT2D eigenvalue weighted by molar-refractivity contribution is -0.141. The molecule has 0 saturated carbocycles. The Kier molecular flexibility index (Phi) is 9.67. The van der Waals surface area contributed by atoms with Crippen LogP contribution >= 0.6 is 0 Å². The van der Waals surface area contributed by atoms with Crippen LogP contribution in [-0.4, -0.2) is 51.0 Å². The quantitative estimate of drug-likeness (QED) is 0.523. The Bertz CT molecular complexity index is 1100. The lowest BCUT2D eigenvalue weighted by atomic mass is 10.1. The summed E-state index contributed by atoms with van der Waals surface area (Å²) in [6, 6.07) is 12.8. The third-order valence-electron chi connectivity index (χ3n) is 6.04. The Morgan fingerprint density at radius 3 is 2.18 bits per heavy atom. The monoisotopic (exact) mass is 487 g/mol. The van der Waals surface area contributed by atoms with Crippen molar-refractivity contribution in [1.82, 2.24) is 10.2 Å². The lowest BCUT2D eigenvalue weighted by Gasteiger charge is -2.31. The van der Waals surface area contributed by atoms with E-state index in [0.717, 1.165) is 22.3 Å². The van der Waals surface area contributed by atoms with Gasteiger partial charge in [-0.05, 0) is 62.4 Å². The van der Waals surface area contributed by atoms with Crippen LogP contribution in [0.5, 0.6) is 0 Å². The van der Waals surface area contributed by atoms with Gasteiger partial charge in [0.25, 0.3) is 0 Å². The number of rotatable bonds is 11. The molecule has 2 rings (SSSR count). The Morgan fingerprint density at radius 2 is 1.65 bits per heavy atom. The molecule has 0 bridgehead atoms. The molecule has 0 radical (unpaired) electrons. The molecule has 34 heavy (non-hydrogen) atoms. The average molecular weight is 488 g/mol. The average Bonchev–Trinajstić information content (AvgIpc) is 2.78. The number of benzene rings is 2. The molecular formula is C26H37N3O4S. The fourth-order valence-electron chi connectivity index (χ4n) is 3.86. The summed E-state index contributed by atoms with van der Waals surface area (Å²) in [7, 11) is -1.95. The van der Waals surface area contributed by atoms with E-state index >= 15 is 0 Å². The SMILES string of the molecule is CCC(C(=O)NC)N(Cc1ccc(C)cc1)C(=O)CCCN(c1ccc(C)c(C)c1)S(C)(=O)=O. The summed E-state index contributed by atoms with van der Waals surface area (Å²) in [5.74, 6) is -0.389. The molecule has 0 aliphatic carbocycles. The first kappa shape index (κ1) is 27.4. The van der Waals surface area contributed by atoms with Crippen molar-refractivity contribution in [2.24, 2.45) is 0 Å².